The predicted molar refractivity (Wildman–Crippen MR) is 61.6 cm³/mol. The molecular weight excluding hydrogens is 207 g/mol. The van der Waals surface area contributed by atoms with Crippen molar-refractivity contribution in [2.24, 2.45) is 0 Å². The maximum absolute atomic E-state index is 12.9. The molecule has 0 aliphatic heterocycles. The molecule has 0 atom stereocenters. The Labute approximate surface area is 92.7 Å². The molecule has 0 aliphatic carbocycles. The second kappa shape index (κ2) is 4.65. The molecule has 2 aromatic rings. The lowest BCUT2D eigenvalue weighted by Gasteiger charge is -2.08. The first-order valence-corrected chi connectivity index (χ1v) is 5.03. The zero-order valence-corrected chi connectivity index (χ0v) is 8.70. The maximum atomic E-state index is 12.9. The van der Waals surface area contributed by atoms with E-state index < -0.39 is 0 Å². The fraction of sp³-hybridized carbons (Fsp3) is 0.182. The summed E-state index contributed by atoms with van der Waals surface area (Å²) in [5.41, 5.74) is 6.86. The normalized spacial score (nSPS) is 10.3. The Morgan fingerprint density at radius 3 is 3.06 bits per heavy atom. The Kier molecular flexibility index (Phi) is 3.05. The summed E-state index contributed by atoms with van der Waals surface area (Å²) in [7, 11) is 0. The van der Waals surface area contributed by atoms with E-state index in [1.165, 1.54) is 12.1 Å². The molecule has 4 N–H and O–H groups in total. The zero-order chi connectivity index (χ0) is 11.4. The van der Waals surface area contributed by atoms with E-state index in [0.29, 0.717) is 17.9 Å². The summed E-state index contributed by atoms with van der Waals surface area (Å²) in [6.07, 6.45) is 4.21. The van der Waals surface area contributed by atoms with Crippen LogP contribution in [0.2, 0.25) is 0 Å². The van der Waals surface area contributed by atoms with Crippen LogP contribution in [0.4, 0.5) is 15.8 Å². The second-order valence-electron chi connectivity index (χ2n) is 3.44. The highest BCUT2D eigenvalue weighted by molar-refractivity contribution is 5.65. The summed E-state index contributed by atoms with van der Waals surface area (Å²) in [4.78, 5) is 7.08. The molecule has 0 fully saturated rings. The van der Waals surface area contributed by atoms with Gasteiger partial charge in [-0.05, 0) is 18.2 Å². The highest BCUT2D eigenvalue weighted by Crippen LogP contribution is 2.18. The van der Waals surface area contributed by atoms with E-state index in [0.717, 1.165) is 12.2 Å². The van der Waals surface area contributed by atoms with Crippen molar-refractivity contribution in [1.29, 1.82) is 0 Å². The fourth-order valence-electron chi connectivity index (χ4n) is 1.43. The quantitative estimate of drug-likeness (QED) is 0.688. The molecule has 1 aromatic heterocycles. The Balaban J connectivity index is 1.92. The lowest BCUT2D eigenvalue weighted by molar-refractivity contribution is 0.628. The number of aromatic nitrogens is 2. The standard InChI is InChI=1S/C11H13FN4/c12-8-1-2-9(13)10(7-8)14-4-3-11-15-5-6-16-11/h1-2,5-7,14H,3-4,13H2,(H,15,16). The summed E-state index contributed by atoms with van der Waals surface area (Å²) in [5, 5.41) is 3.07. The molecule has 4 nitrogen and oxygen atoms in total. The van der Waals surface area contributed by atoms with Crippen LogP contribution in [0.5, 0.6) is 0 Å². The first kappa shape index (κ1) is 10.5. The lowest BCUT2D eigenvalue weighted by Crippen LogP contribution is -2.08. The molecule has 1 aromatic carbocycles. The number of nitrogens with zero attached hydrogens (tertiary/aromatic N) is 1. The minimum Gasteiger partial charge on any atom is -0.397 e. The molecule has 0 bridgehead atoms. The number of benzene rings is 1. The number of rotatable bonds is 4. The topological polar surface area (TPSA) is 66.7 Å². The minimum absolute atomic E-state index is 0.297. The van der Waals surface area contributed by atoms with Crippen molar-refractivity contribution >= 4 is 11.4 Å². The number of nitrogens with two attached hydrogens (primary N) is 1. The van der Waals surface area contributed by atoms with E-state index in [9.17, 15) is 4.39 Å². The van der Waals surface area contributed by atoms with Crippen molar-refractivity contribution in [3.05, 3.63) is 42.2 Å². The number of anilines is 2. The minimum atomic E-state index is -0.297. The fourth-order valence-corrected chi connectivity index (χ4v) is 1.43. The van der Waals surface area contributed by atoms with Gasteiger partial charge in [0.2, 0.25) is 0 Å². The molecule has 0 saturated heterocycles. The van der Waals surface area contributed by atoms with Gasteiger partial charge in [0.15, 0.2) is 0 Å². The molecule has 0 saturated carbocycles. The number of hydrogen-bond donors (Lipinski definition) is 3. The van der Waals surface area contributed by atoms with E-state index in [2.05, 4.69) is 15.3 Å². The first-order valence-electron chi connectivity index (χ1n) is 5.03. The van der Waals surface area contributed by atoms with Crippen molar-refractivity contribution in [2.45, 2.75) is 6.42 Å². The smallest absolute Gasteiger partial charge is 0.125 e. The Hall–Kier alpha value is -2.04. The SMILES string of the molecule is Nc1ccc(F)cc1NCCc1ncc[nH]1. The van der Waals surface area contributed by atoms with Crippen LogP contribution in [-0.4, -0.2) is 16.5 Å². The van der Waals surface area contributed by atoms with Gasteiger partial charge in [-0.15, -0.1) is 0 Å². The molecule has 5 heteroatoms. The van der Waals surface area contributed by atoms with Crippen LogP contribution < -0.4 is 11.1 Å². The van der Waals surface area contributed by atoms with Gasteiger partial charge < -0.3 is 16.0 Å². The summed E-state index contributed by atoms with van der Waals surface area (Å²) in [6.45, 7) is 0.654. The monoisotopic (exact) mass is 220 g/mol. The van der Waals surface area contributed by atoms with Crippen LogP contribution in [-0.2, 0) is 6.42 Å². The second-order valence-corrected chi connectivity index (χ2v) is 3.44. The predicted octanol–water partition coefficient (Wildman–Crippen LogP) is 1.79. The Bertz CT molecular complexity index is 453. The van der Waals surface area contributed by atoms with Crippen molar-refractivity contribution in [3.8, 4) is 0 Å². The van der Waals surface area contributed by atoms with Crippen LogP contribution in [0.25, 0.3) is 0 Å². The molecule has 0 spiro atoms. The van der Waals surface area contributed by atoms with Crippen LogP contribution in [0.1, 0.15) is 5.82 Å². The molecule has 2 rings (SSSR count). The van der Waals surface area contributed by atoms with Crippen LogP contribution in [0, 0.1) is 5.82 Å². The molecule has 84 valence electrons. The Morgan fingerprint density at radius 1 is 1.44 bits per heavy atom. The largest absolute Gasteiger partial charge is 0.397 e. The van der Waals surface area contributed by atoms with Crippen molar-refractivity contribution < 1.29 is 4.39 Å². The number of imidazole rings is 1. The van der Waals surface area contributed by atoms with Gasteiger partial charge in [0, 0.05) is 25.4 Å². The van der Waals surface area contributed by atoms with Crippen LogP contribution in [0.15, 0.2) is 30.6 Å². The average molecular weight is 220 g/mol. The summed E-state index contributed by atoms with van der Waals surface area (Å²) in [6, 6.07) is 4.27. The van der Waals surface area contributed by atoms with Crippen LogP contribution >= 0.6 is 0 Å². The summed E-state index contributed by atoms with van der Waals surface area (Å²) >= 11 is 0. The molecule has 1 heterocycles. The molecule has 0 aliphatic rings. The van der Waals surface area contributed by atoms with Gasteiger partial charge in [-0.3, -0.25) is 0 Å². The molecule has 0 unspecified atom stereocenters. The first-order chi connectivity index (χ1) is 7.75. The Morgan fingerprint density at radius 2 is 2.31 bits per heavy atom. The number of halogens is 1. The zero-order valence-electron chi connectivity index (χ0n) is 8.70. The number of nitrogen functional groups attached to an aromatic ring is 1. The van der Waals surface area contributed by atoms with Gasteiger partial charge in [-0.1, -0.05) is 0 Å². The van der Waals surface area contributed by atoms with Crippen molar-refractivity contribution in [2.75, 3.05) is 17.6 Å². The summed E-state index contributed by atoms with van der Waals surface area (Å²) in [5.74, 6) is 0.595. The number of aromatic amines is 1. The van der Waals surface area contributed by atoms with E-state index in [4.69, 9.17) is 5.73 Å². The van der Waals surface area contributed by atoms with E-state index in [1.54, 1.807) is 18.5 Å². The third-order valence-corrected chi connectivity index (χ3v) is 2.25. The molecule has 0 amide bonds. The molecular formula is C11H13FN4. The third kappa shape index (κ3) is 2.50. The lowest BCUT2D eigenvalue weighted by atomic mass is 10.2. The average Bonchev–Trinajstić information content (AvgIpc) is 2.76. The van der Waals surface area contributed by atoms with Gasteiger partial charge >= 0.3 is 0 Å². The van der Waals surface area contributed by atoms with E-state index in [-0.39, 0.29) is 5.82 Å². The number of nitrogens with one attached hydrogen (secondary N) is 2. The van der Waals surface area contributed by atoms with Gasteiger partial charge in [-0.2, -0.15) is 0 Å². The third-order valence-electron chi connectivity index (χ3n) is 2.25. The van der Waals surface area contributed by atoms with E-state index >= 15 is 0 Å². The highest BCUT2D eigenvalue weighted by Gasteiger charge is 2.01. The maximum Gasteiger partial charge on any atom is 0.125 e. The van der Waals surface area contributed by atoms with Gasteiger partial charge in [0.1, 0.15) is 11.6 Å². The van der Waals surface area contributed by atoms with Crippen molar-refractivity contribution in [1.82, 2.24) is 9.97 Å². The van der Waals surface area contributed by atoms with E-state index in [1.807, 2.05) is 0 Å². The number of hydrogen-bond acceptors (Lipinski definition) is 3. The van der Waals surface area contributed by atoms with Crippen LogP contribution in [0.3, 0.4) is 0 Å². The molecule has 16 heavy (non-hydrogen) atoms. The highest BCUT2D eigenvalue weighted by atomic mass is 19.1. The van der Waals surface area contributed by atoms with Gasteiger partial charge in [0.25, 0.3) is 0 Å². The molecule has 0 radical (unpaired) electrons. The summed E-state index contributed by atoms with van der Waals surface area (Å²) < 4.78 is 12.9. The number of H-pyrrole nitrogens is 1. The van der Waals surface area contributed by atoms with Gasteiger partial charge in [0.05, 0.1) is 11.4 Å². The van der Waals surface area contributed by atoms with Crippen molar-refractivity contribution in [3.63, 3.8) is 0 Å². The van der Waals surface area contributed by atoms with Gasteiger partial charge in [-0.25, -0.2) is 9.37 Å².